The van der Waals surface area contributed by atoms with Gasteiger partial charge in [-0.1, -0.05) is 6.07 Å². The first-order chi connectivity index (χ1) is 7.56. The first-order valence-corrected chi connectivity index (χ1v) is 6.05. The van der Waals surface area contributed by atoms with Crippen molar-refractivity contribution in [1.82, 2.24) is 5.43 Å². The number of ether oxygens (including phenoxy) is 1. The van der Waals surface area contributed by atoms with Crippen LogP contribution in [0.25, 0.3) is 0 Å². The van der Waals surface area contributed by atoms with E-state index in [-0.39, 0.29) is 5.91 Å². The zero-order chi connectivity index (χ0) is 12.0. The van der Waals surface area contributed by atoms with Gasteiger partial charge in [-0.3, -0.25) is 10.2 Å². The van der Waals surface area contributed by atoms with Crippen molar-refractivity contribution >= 4 is 17.2 Å². The molecule has 1 rings (SSSR count). The Morgan fingerprint density at radius 1 is 1.62 bits per heavy atom. The third-order valence-corrected chi connectivity index (χ3v) is 3.22. The molecule has 0 saturated carbocycles. The summed E-state index contributed by atoms with van der Waals surface area (Å²) in [5.41, 5.74) is 1.56. The average molecular weight is 242 g/mol. The molecule has 0 aliphatic carbocycles. The molecule has 3 N–H and O–H groups in total. The smallest absolute Gasteiger partial charge is 0.241 e. The molecule has 0 aliphatic heterocycles. The Hall–Kier alpha value is -0.910. The van der Waals surface area contributed by atoms with E-state index in [0.717, 1.165) is 6.42 Å². The number of carbonyl (C=O) groups is 1. The van der Waals surface area contributed by atoms with Crippen LogP contribution >= 0.6 is 11.3 Å². The molecule has 0 aromatic carbocycles. The zero-order valence-electron chi connectivity index (χ0n) is 9.66. The van der Waals surface area contributed by atoms with Crippen molar-refractivity contribution in [3.05, 3.63) is 22.4 Å². The molecule has 1 heterocycles. The topological polar surface area (TPSA) is 64.3 Å². The van der Waals surface area contributed by atoms with E-state index < -0.39 is 5.41 Å². The van der Waals surface area contributed by atoms with E-state index in [1.807, 2.05) is 11.4 Å². The maximum atomic E-state index is 11.3. The highest BCUT2D eigenvalue weighted by atomic mass is 32.1. The van der Waals surface area contributed by atoms with Gasteiger partial charge < -0.3 is 4.74 Å². The Balaban J connectivity index is 2.22. The standard InChI is InChI=1S/C11H18N2O2S/c1-11(2,10(14)13-12)8-15-6-5-9-4-3-7-16-9/h3-4,7H,5-6,8,12H2,1-2H3,(H,13,14). The summed E-state index contributed by atoms with van der Waals surface area (Å²) in [6.07, 6.45) is 0.887. The number of nitrogens with two attached hydrogens (primary N) is 1. The van der Waals surface area contributed by atoms with E-state index in [9.17, 15) is 4.79 Å². The predicted octanol–water partition coefficient (Wildman–Crippen LogP) is 1.32. The van der Waals surface area contributed by atoms with Crippen LogP contribution in [0.3, 0.4) is 0 Å². The lowest BCUT2D eigenvalue weighted by Gasteiger charge is -2.21. The Morgan fingerprint density at radius 2 is 2.38 bits per heavy atom. The van der Waals surface area contributed by atoms with E-state index >= 15 is 0 Å². The maximum Gasteiger partial charge on any atom is 0.241 e. The molecule has 0 fully saturated rings. The largest absolute Gasteiger partial charge is 0.380 e. The molecule has 16 heavy (non-hydrogen) atoms. The molecule has 0 unspecified atom stereocenters. The monoisotopic (exact) mass is 242 g/mol. The number of carbonyl (C=O) groups excluding carboxylic acids is 1. The maximum absolute atomic E-state index is 11.3. The predicted molar refractivity (Wildman–Crippen MR) is 65.0 cm³/mol. The fourth-order valence-electron chi connectivity index (χ4n) is 1.22. The van der Waals surface area contributed by atoms with Crippen molar-refractivity contribution in [1.29, 1.82) is 0 Å². The summed E-state index contributed by atoms with van der Waals surface area (Å²) in [6.45, 7) is 4.61. The Labute approximate surface area is 99.8 Å². The molecule has 0 atom stereocenters. The van der Waals surface area contributed by atoms with Crippen LogP contribution in [0.2, 0.25) is 0 Å². The summed E-state index contributed by atoms with van der Waals surface area (Å²) < 4.78 is 5.48. The second-order valence-corrected chi connectivity index (χ2v) is 5.27. The molecule has 0 radical (unpaired) electrons. The fourth-order valence-corrected chi connectivity index (χ4v) is 1.91. The van der Waals surface area contributed by atoms with E-state index in [1.165, 1.54) is 4.88 Å². The Kier molecular flexibility index (Phi) is 4.92. The molecule has 1 amide bonds. The van der Waals surface area contributed by atoms with Crippen molar-refractivity contribution < 1.29 is 9.53 Å². The summed E-state index contributed by atoms with van der Waals surface area (Å²) in [7, 11) is 0. The van der Waals surface area contributed by atoms with Crippen LogP contribution in [0.1, 0.15) is 18.7 Å². The van der Waals surface area contributed by atoms with Crippen LogP contribution in [0.5, 0.6) is 0 Å². The highest BCUT2D eigenvalue weighted by Gasteiger charge is 2.26. The zero-order valence-corrected chi connectivity index (χ0v) is 10.5. The summed E-state index contributed by atoms with van der Waals surface area (Å²) in [5.74, 6) is 4.88. The van der Waals surface area contributed by atoms with Gasteiger partial charge in [-0.05, 0) is 25.3 Å². The normalized spacial score (nSPS) is 11.4. The molecule has 4 nitrogen and oxygen atoms in total. The molecule has 1 aromatic heterocycles. The number of hydrogen-bond acceptors (Lipinski definition) is 4. The van der Waals surface area contributed by atoms with Gasteiger partial charge in [0.25, 0.3) is 0 Å². The first-order valence-electron chi connectivity index (χ1n) is 5.17. The number of hydrazine groups is 1. The Morgan fingerprint density at radius 3 is 2.94 bits per heavy atom. The molecule has 90 valence electrons. The number of rotatable bonds is 6. The molecular weight excluding hydrogens is 224 g/mol. The van der Waals surface area contributed by atoms with Gasteiger partial charge in [0, 0.05) is 11.3 Å². The molecule has 0 saturated heterocycles. The number of hydrogen-bond donors (Lipinski definition) is 2. The lowest BCUT2D eigenvalue weighted by atomic mass is 9.94. The van der Waals surface area contributed by atoms with Gasteiger partial charge in [-0.25, -0.2) is 5.84 Å². The van der Waals surface area contributed by atoms with Gasteiger partial charge in [0.15, 0.2) is 0 Å². The van der Waals surface area contributed by atoms with Crippen molar-refractivity contribution in [2.75, 3.05) is 13.2 Å². The van der Waals surface area contributed by atoms with Crippen LogP contribution in [-0.4, -0.2) is 19.1 Å². The van der Waals surface area contributed by atoms with Crippen LogP contribution in [0, 0.1) is 5.41 Å². The van der Waals surface area contributed by atoms with Gasteiger partial charge in [0.05, 0.1) is 18.6 Å². The number of thiophene rings is 1. The minimum atomic E-state index is -0.579. The summed E-state index contributed by atoms with van der Waals surface area (Å²) in [4.78, 5) is 12.6. The van der Waals surface area contributed by atoms with Gasteiger partial charge in [0.2, 0.25) is 5.91 Å². The third kappa shape index (κ3) is 3.92. The van der Waals surface area contributed by atoms with Crippen LogP contribution in [0.15, 0.2) is 17.5 Å². The number of amides is 1. The molecule has 0 spiro atoms. The second-order valence-electron chi connectivity index (χ2n) is 4.24. The molecule has 5 heteroatoms. The van der Waals surface area contributed by atoms with E-state index in [1.54, 1.807) is 25.2 Å². The molecule has 0 aliphatic rings. The van der Waals surface area contributed by atoms with Crippen molar-refractivity contribution in [2.45, 2.75) is 20.3 Å². The Bertz CT molecular complexity index is 323. The van der Waals surface area contributed by atoms with E-state index in [4.69, 9.17) is 10.6 Å². The van der Waals surface area contributed by atoms with E-state index in [2.05, 4.69) is 11.5 Å². The third-order valence-electron chi connectivity index (χ3n) is 2.28. The van der Waals surface area contributed by atoms with Gasteiger partial charge in [0.1, 0.15) is 0 Å². The number of nitrogens with one attached hydrogen (secondary N) is 1. The molecular formula is C11H18N2O2S. The minimum absolute atomic E-state index is 0.205. The van der Waals surface area contributed by atoms with Crippen molar-refractivity contribution in [2.24, 2.45) is 11.3 Å². The van der Waals surface area contributed by atoms with Gasteiger partial charge in [-0.15, -0.1) is 11.3 Å². The second kappa shape index (κ2) is 5.98. The molecule has 0 bridgehead atoms. The van der Waals surface area contributed by atoms with Gasteiger partial charge in [-0.2, -0.15) is 0 Å². The first kappa shape index (κ1) is 13.2. The summed E-state index contributed by atoms with van der Waals surface area (Å²) in [6, 6.07) is 4.09. The summed E-state index contributed by atoms with van der Waals surface area (Å²) >= 11 is 1.71. The summed E-state index contributed by atoms with van der Waals surface area (Å²) in [5, 5.41) is 2.04. The average Bonchev–Trinajstić information content (AvgIpc) is 2.76. The molecule has 1 aromatic rings. The fraction of sp³-hybridized carbons (Fsp3) is 0.545. The van der Waals surface area contributed by atoms with E-state index in [0.29, 0.717) is 13.2 Å². The van der Waals surface area contributed by atoms with Crippen LogP contribution < -0.4 is 11.3 Å². The highest BCUT2D eigenvalue weighted by molar-refractivity contribution is 7.09. The van der Waals surface area contributed by atoms with Crippen molar-refractivity contribution in [3.63, 3.8) is 0 Å². The quantitative estimate of drug-likeness (QED) is 0.342. The lowest BCUT2D eigenvalue weighted by molar-refractivity contribution is -0.132. The van der Waals surface area contributed by atoms with Crippen LogP contribution in [0.4, 0.5) is 0 Å². The highest BCUT2D eigenvalue weighted by Crippen LogP contribution is 2.15. The minimum Gasteiger partial charge on any atom is -0.380 e. The van der Waals surface area contributed by atoms with Crippen LogP contribution in [-0.2, 0) is 16.0 Å². The lowest BCUT2D eigenvalue weighted by Crippen LogP contribution is -2.43. The van der Waals surface area contributed by atoms with Crippen molar-refractivity contribution in [3.8, 4) is 0 Å². The van der Waals surface area contributed by atoms with Gasteiger partial charge >= 0.3 is 0 Å². The SMILES string of the molecule is CC(C)(COCCc1cccs1)C(=O)NN.